The first-order chi connectivity index (χ1) is 6.33. The van der Waals surface area contributed by atoms with Gasteiger partial charge in [-0.1, -0.05) is 37.6 Å². The molecule has 70 valence electrons. The average molecular weight is 175 g/mol. The van der Waals surface area contributed by atoms with Crippen molar-refractivity contribution in [3.05, 3.63) is 35.4 Å². The van der Waals surface area contributed by atoms with Crippen molar-refractivity contribution in [2.24, 2.45) is 5.73 Å². The van der Waals surface area contributed by atoms with Gasteiger partial charge in [0.05, 0.1) is 0 Å². The zero-order valence-electron chi connectivity index (χ0n) is 8.16. The van der Waals surface area contributed by atoms with Crippen molar-refractivity contribution in [3.8, 4) is 0 Å². The van der Waals surface area contributed by atoms with E-state index in [0.29, 0.717) is 12.0 Å². The predicted octanol–water partition coefficient (Wildman–Crippen LogP) is 2.45. The standard InChI is InChI=1S/C12H17N/c1-2-5-12(13)11-8-9-6-3-4-7-10(9)11/h3-4,6-7,11-12H,2,5,8,13H2,1H3/t11?,12-/m0/s1. The minimum atomic E-state index is 0.375. The van der Waals surface area contributed by atoms with Crippen molar-refractivity contribution in [2.45, 2.75) is 38.1 Å². The Morgan fingerprint density at radius 2 is 2.23 bits per heavy atom. The van der Waals surface area contributed by atoms with Gasteiger partial charge in [-0.2, -0.15) is 0 Å². The molecule has 0 amide bonds. The normalized spacial score (nSPS) is 21.8. The molecule has 1 aliphatic carbocycles. The van der Waals surface area contributed by atoms with Crippen LogP contribution in [0.15, 0.2) is 24.3 Å². The summed E-state index contributed by atoms with van der Waals surface area (Å²) in [6.07, 6.45) is 3.54. The summed E-state index contributed by atoms with van der Waals surface area (Å²) in [6.45, 7) is 2.20. The van der Waals surface area contributed by atoms with E-state index >= 15 is 0 Å². The first-order valence-electron chi connectivity index (χ1n) is 5.16. The SMILES string of the molecule is CCC[C@H](N)C1Cc2ccccc21. The number of fused-ring (bicyclic) bond motifs is 1. The van der Waals surface area contributed by atoms with Crippen molar-refractivity contribution in [1.29, 1.82) is 0 Å². The van der Waals surface area contributed by atoms with Gasteiger partial charge in [-0.3, -0.25) is 0 Å². The molecule has 0 saturated heterocycles. The molecule has 0 saturated carbocycles. The summed E-state index contributed by atoms with van der Waals surface area (Å²) in [4.78, 5) is 0. The minimum absolute atomic E-state index is 0.375. The van der Waals surface area contributed by atoms with Crippen LogP contribution in [0.1, 0.15) is 36.8 Å². The Morgan fingerprint density at radius 3 is 2.92 bits per heavy atom. The molecule has 0 fully saturated rings. The third-order valence-electron chi connectivity index (χ3n) is 3.03. The molecule has 0 bridgehead atoms. The van der Waals surface area contributed by atoms with Gasteiger partial charge in [0.2, 0.25) is 0 Å². The van der Waals surface area contributed by atoms with Gasteiger partial charge in [0.1, 0.15) is 0 Å². The van der Waals surface area contributed by atoms with Crippen LogP contribution in [0.5, 0.6) is 0 Å². The van der Waals surface area contributed by atoms with E-state index in [4.69, 9.17) is 5.73 Å². The summed E-state index contributed by atoms with van der Waals surface area (Å²) >= 11 is 0. The molecule has 0 aliphatic heterocycles. The highest BCUT2D eigenvalue weighted by atomic mass is 14.7. The van der Waals surface area contributed by atoms with Crippen LogP contribution in [0, 0.1) is 0 Å². The Hall–Kier alpha value is -0.820. The van der Waals surface area contributed by atoms with Crippen molar-refractivity contribution in [3.63, 3.8) is 0 Å². The molecule has 2 rings (SSSR count). The highest BCUT2D eigenvalue weighted by Crippen LogP contribution is 2.37. The fourth-order valence-corrected chi connectivity index (χ4v) is 2.21. The maximum Gasteiger partial charge on any atom is 0.0111 e. The molecule has 1 aliphatic rings. The van der Waals surface area contributed by atoms with E-state index in [2.05, 4.69) is 31.2 Å². The fraction of sp³-hybridized carbons (Fsp3) is 0.500. The van der Waals surface area contributed by atoms with E-state index < -0.39 is 0 Å². The van der Waals surface area contributed by atoms with Gasteiger partial charge in [-0.25, -0.2) is 0 Å². The molecule has 0 heterocycles. The van der Waals surface area contributed by atoms with E-state index in [1.807, 2.05) is 0 Å². The lowest BCUT2D eigenvalue weighted by atomic mass is 9.73. The lowest BCUT2D eigenvalue weighted by Gasteiger charge is -2.34. The van der Waals surface area contributed by atoms with Crippen molar-refractivity contribution >= 4 is 0 Å². The van der Waals surface area contributed by atoms with Crippen LogP contribution in [-0.2, 0) is 6.42 Å². The summed E-state index contributed by atoms with van der Waals surface area (Å²) in [5.74, 6) is 0.635. The predicted molar refractivity (Wildman–Crippen MR) is 55.8 cm³/mol. The van der Waals surface area contributed by atoms with E-state index in [-0.39, 0.29) is 0 Å². The molecule has 13 heavy (non-hydrogen) atoms. The van der Waals surface area contributed by atoms with Gasteiger partial charge in [0, 0.05) is 12.0 Å². The minimum Gasteiger partial charge on any atom is -0.327 e. The average Bonchev–Trinajstić information content (AvgIpc) is 2.07. The first-order valence-corrected chi connectivity index (χ1v) is 5.16. The maximum atomic E-state index is 6.10. The summed E-state index contributed by atoms with van der Waals surface area (Å²) in [7, 11) is 0. The van der Waals surface area contributed by atoms with Crippen LogP contribution in [0.2, 0.25) is 0 Å². The van der Waals surface area contributed by atoms with Crippen molar-refractivity contribution < 1.29 is 0 Å². The summed E-state index contributed by atoms with van der Waals surface area (Å²) in [5, 5.41) is 0. The summed E-state index contributed by atoms with van der Waals surface area (Å²) in [5.41, 5.74) is 9.09. The smallest absolute Gasteiger partial charge is 0.0111 e. The van der Waals surface area contributed by atoms with Gasteiger partial charge >= 0.3 is 0 Å². The van der Waals surface area contributed by atoms with Gasteiger partial charge < -0.3 is 5.73 Å². The second kappa shape index (κ2) is 3.51. The second-order valence-electron chi connectivity index (χ2n) is 3.96. The molecule has 2 atom stereocenters. The molecule has 0 aromatic heterocycles. The summed E-state index contributed by atoms with van der Waals surface area (Å²) < 4.78 is 0. The molecule has 1 aromatic carbocycles. The molecule has 1 aromatic rings. The molecular formula is C12H17N. The molecule has 1 heteroatoms. The molecule has 2 N–H and O–H groups in total. The van der Waals surface area contributed by atoms with Gasteiger partial charge in [-0.05, 0) is 24.0 Å². The Balaban J connectivity index is 2.08. The van der Waals surface area contributed by atoms with Crippen LogP contribution < -0.4 is 5.73 Å². The Labute approximate surface area is 80.0 Å². The number of rotatable bonds is 3. The maximum absolute atomic E-state index is 6.10. The van der Waals surface area contributed by atoms with Gasteiger partial charge in [0.25, 0.3) is 0 Å². The number of nitrogens with two attached hydrogens (primary N) is 1. The van der Waals surface area contributed by atoms with Crippen LogP contribution in [-0.4, -0.2) is 6.04 Å². The summed E-state index contributed by atoms with van der Waals surface area (Å²) in [6, 6.07) is 9.04. The third kappa shape index (κ3) is 1.49. The van der Waals surface area contributed by atoms with Gasteiger partial charge in [0.15, 0.2) is 0 Å². The van der Waals surface area contributed by atoms with E-state index in [1.54, 1.807) is 0 Å². The van der Waals surface area contributed by atoms with Crippen LogP contribution >= 0.6 is 0 Å². The third-order valence-corrected chi connectivity index (χ3v) is 3.03. The number of hydrogen-bond acceptors (Lipinski definition) is 1. The first kappa shape index (κ1) is 8.76. The zero-order valence-corrected chi connectivity index (χ0v) is 8.16. The van der Waals surface area contributed by atoms with E-state index in [1.165, 1.54) is 24.0 Å². The largest absolute Gasteiger partial charge is 0.327 e. The number of benzene rings is 1. The van der Waals surface area contributed by atoms with Crippen LogP contribution in [0.4, 0.5) is 0 Å². The zero-order chi connectivity index (χ0) is 9.26. The fourth-order valence-electron chi connectivity index (χ4n) is 2.21. The number of hydrogen-bond donors (Lipinski definition) is 1. The monoisotopic (exact) mass is 175 g/mol. The highest BCUT2D eigenvalue weighted by Gasteiger charge is 2.29. The lowest BCUT2D eigenvalue weighted by molar-refractivity contribution is 0.454. The molecule has 1 nitrogen and oxygen atoms in total. The quantitative estimate of drug-likeness (QED) is 0.750. The van der Waals surface area contributed by atoms with Crippen molar-refractivity contribution in [2.75, 3.05) is 0 Å². The van der Waals surface area contributed by atoms with Gasteiger partial charge in [-0.15, -0.1) is 0 Å². The molecule has 0 radical (unpaired) electrons. The molecular weight excluding hydrogens is 158 g/mol. The Bertz CT molecular complexity index is 293. The van der Waals surface area contributed by atoms with Crippen LogP contribution in [0.25, 0.3) is 0 Å². The Morgan fingerprint density at radius 1 is 1.46 bits per heavy atom. The van der Waals surface area contributed by atoms with E-state index in [0.717, 1.165) is 6.42 Å². The van der Waals surface area contributed by atoms with Crippen molar-refractivity contribution in [1.82, 2.24) is 0 Å². The Kier molecular flexibility index (Phi) is 2.36. The molecule has 1 unspecified atom stereocenters. The second-order valence-corrected chi connectivity index (χ2v) is 3.96. The highest BCUT2D eigenvalue weighted by molar-refractivity contribution is 5.41. The topological polar surface area (TPSA) is 26.0 Å². The lowest BCUT2D eigenvalue weighted by Crippen LogP contribution is -2.35. The van der Waals surface area contributed by atoms with E-state index in [9.17, 15) is 0 Å². The molecule has 0 spiro atoms. The van der Waals surface area contributed by atoms with Crippen LogP contribution in [0.3, 0.4) is 0 Å².